The Balaban J connectivity index is 2.11. The van der Waals surface area contributed by atoms with Gasteiger partial charge in [0.15, 0.2) is 0 Å². The molecule has 0 aliphatic carbocycles. The van der Waals surface area contributed by atoms with Crippen LogP contribution < -0.4 is 19.1 Å². The highest BCUT2D eigenvalue weighted by Crippen LogP contribution is 2.34. The molecule has 0 saturated carbocycles. The molecule has 2 amide bonds. The highest BCUT2D eigenvalue weighted by atomic mass is 32.2. The summed E-state index contributed by atoms with van der Waals surface area (Å²) in [5.41, 5.74) is 2.70. The summed E-state index contributed by atoms with van der Waals surface area (Å²) < 4.78 is 40.2. The summed E-state index contributed by atoms with van der Waals surface area (Å²) in [6.07, 6.45) is 0.338. The van der Waals surface area contributed by atoms with E-state index in [0.29, 0.717) is 24.5 Å². The van der Waals surface area contributed by atoms with Crippen molar-refractivity contribution in [1.82, 2.24) is 10.2 Å². The van der Waals surface area contributed by atoms with E-state index in [1.54, 1.807) is 43.5 Å². The SMILES string of the molecule is CCC(C(=O)NCC(C)C)N(Cc1ccc(OC)cc1)C(=O)CN(c1cc(C)ccc1OC)S(=O)(=O)c1ccc(C)cc1. The van der Waals surface area contributed by atoms with Gasteiger partial charge in [-0.2, -0.15) is 0 Å². The van der Waals surface area contributed by atoms with E-state index in [9.17, 15) is 18.0 Å². The van der Waals surface area contributed by atoms with Crippen LogP contribution >= 0.6 is 0 Å². The lowest BCUT2D eigenvalue weighted by Crippen LogP contribution is -2.52. The van der Waals surface area contributed by atoms with Crippen molar-refractivity contribution in [2.45, 2.75) is 58.5 Å². The number of amides is 2. The van der Waals surface area contributed by atoms with Crippen molar-refractivity contribution in [2.75, 3.05) is 31.6 Å². The average Bonchev–Trinajstić information content (AvgIpc) is 2.99. The van der Waals surface area contributed by atoms with Crippen LogP contribution in [0.25, 0.3) is 0 Å². The van der Waals surface area contributed by atoms with Gasteiger partial charge in [-0.25, -0.2) is 8.42 Å². The first-order chi connectivity index (χ1) is 20.4. The van der Waals surface area contributed by atoms with E-state index >= 15 is 0 Å². The molecule has 0 bridgehead atoms. The Morgan fingerprint density at radius 3 is 2.07 bits per heavy atom. The van der Waals surface area contributed by atoms with Gasteiger partial charge in [0.05, 0.1) is 24.8 Å². The van der Waals surface area contributed by atoms with Gasteiger partial charge in [-0.3, -0.25) is 13.9 Å². The molecule has 0 saturated heterocycles. The Hall–Kier alpha value is -4.05. The molecule has 0 aliphatic heterocycles. The molecular weight excluding hydrogens is 566 g/mol. The summed E-state index contributed by atoms with van der Waals surface area (Å²) in [6, 6.07) is 18.0. The largest absolute Gasteiger partial charge is 0.497 e. The molecule has 0 radical (unpaired) electrons. The number of anilines is 1. The van der Waals surface area contributed by atoms with Crippen LogP contribution in [0.15, 0.2) is 71.6 Å². The zero-order valence-corrected chi connectivity index (χ0v) is 26.9. The van der Waals surface area contributed by atoms with Crippen molar-refractivity contribution in [1.29, 1.82) is 0 Å². The molecule has 0 heterocycles. The van der Waals surface area contributed by atoms with Crippen molar-refractivity contribution >= 4 is 27.5 Å². The third-order valence-corrected chi connectivity index (χ3v) is 8.85. The molecular formula is C33H43N3O6S. The van der Waals surface area contributed by atoms with Crippen LogP contribution in [-0.2, 0) is 26.2 Å². The number of aryl methyl sites for hydroxylation is 2. The first kappa shape index (κ1) is 33.5. The Morgan fingerprint density at radius 1 is 0.884 bits per heavy atom. The molecule has 1 atom stereocenters. The third-order valence-electron chi connectivity index (χ3n) is 7.07. The fraction of sp³-hybridized carbons (Fsp3) is 0.394. The second kappa shape index (κ2) is 14.9. The lowest BCUT2D eigenvalue weighted by atomic mass is 10.1. The lowest BCUT2D eigenvalue weighted by molar-refractivity contribution is -0.140. The maximum absolute atomic E-state index is 14.3. The van der Waals surface area contributed by atoms with Gasteiger partial charge >= 0.3 is 0 Å². The Morgan fingerprint density at radius 2 is 1.51 bits per heavy atom. The summed E-state index contributed by atoms with van der Waals surface area (Å²) in [6.45, 7) is 9.53. The number of rotatable bonds is 14. The number of hydrogen-bond acceptors (Lipinski definition) is 6. The molecule has 0 aromatic heterocycles. The third kappa shape index (κ3) is 8.50. The topological polar surface area (TPSA) is 105 Å². The highest BCUT2D eigenvalue weighted by molar-refractivity contribution is 7.92. The Kier molecular flexibility index (Phi) is 11.6. The predicted molar refractivity (Wildman–Crippen MR) is 169 cm³/mol. The molecule has 3 rings (SSSR count). The van der Waals surface area contributed by atoms with E-state index in [1.165, 1.54) is 24.1 Å². The molecule has 10 heteroatoms. The van der Waals surface area contributed by atoms with Crippen LogP contribution in [-0.4, -0.2) is 58.5 Å². The van der Waals surface area contributed by atoms with Gasteiger partial charge in [-0.1, -0.05) is 56.7 Å². The summed E-state index contributed by atoms with van der Waals surface area (Å²) >= 11 is 0. The molecule has 9 nitrogen and oxygen atoms in total. The maximum Gasteiger partial charge on any atom is 0.264 e. The van der Waals surface area contributed by atoms with Crippen LogP contribution in [0.5, 0.6) is 11.5 Å². The van der Waals surface area contributed by atoms with Crippen molar-refractivity contribution in [3.8, 4) is 11.5 Å². The average molecular weight is 610 g/mol. The number of carbonyl (C=O) groups is 2. The van der Waals surface area contributed by atoms with Gasteiger partial charge in [0.25, 0.3) is 10.0 Å². The van der Waals surface area contributed by atoms with Crippen LogP contribution in [0.2, 0.25) is 0 Å². The van der Waals surface area contributed by atoms with E-state index in [0.717, 1.165) is 21.0 Å². The van der Waals surface area contributed by atoms with Gasteiger partial charge in [0.2, 0.25) is 11.8 Å². The van der Waals surface area contributed by atoms with Crippen LogP contribution in [0.3, 0.4) is 0 Å². The van der Waals surface area contributed by atoms with Gasteiger partial charge in [0.1, 0.15) is 24.1 Å². The lowest BCUT2D eigenvalue weighted by Gasteiger charge is -2.33. The quantitative estimate of drug-likeness (QED) is 0.273. The number of sulfonamides is 1. The minimum absolute atomic E-state index is 0.0397. The minimum Gasteiger partial charge on any atom is -0.497 e. The minimum atomic E-state index is -4.22. The summed E-state index contributed by atoms with van der Waals surface area (Å²) in [5, 5.41) is 2.94. The standard InChI is InChI=1S/C33H43N3O6S/c1-8-29(33(38)34-20-23(2)3)35(21-26-12-14-27(41-6)15-13-26)32(37)22-36(30-19-25(5)11-18-31(30)42-7)43(39,40)28-16-9-24(4)10-17-28/h9-19,23,29H,8,20-22H2,1-7H3,(H,34,38). The molecule has 3 aromatic rings. The second-order valence-electron chi connectivity index (χ2n) is 10.9. The number of nitrogens with zero attached hydrogens (tertiary/aromatic N) is 2. The molecule has 232 valence electrons. The van der Waals surface area contributed by atoms with E-state index < -0.39 is 28.5 Å². The normalized spacial score (nSPS) is 12.0. The molecule has 0 spiro atoms. The molecule has 3 aromatic carbocycles. The van der Waals surface area contributed by atoms with Crippen LogP contribution in [0, 0.1) is 19.8 Å². The number of methoxy groups -OCH3 is 2. The second-order valence-corrected chi connectivity index (χ2v) is 12.8. The predicted octanol–water partition coefficient (Wildman–Crippen LogP) is 5.10. The summed E-state index contributed by atoms with van der Waals surface area (Å²) in [5.74, 6) is 0.361. The zero-order chi connectivity index (χ0) is 31.7. The Labute approximate surface area is 255 Å². The highest BCUT2D eigenvalue weighted by Gasteiger charge is 2.35. The molecule has 0 fully saturated rings. The fourth-order valence-corrected chi connectivity index (χ4v) is 6.03. The van der Waals surface area contributed by atoms with Gasteiger partial charge in [0, 0.05) is 13.1 Å². The van der Waals surface area contributed by atoms with E-state index in [4.69, 9.17) is 9.47 Å². The molecule has 43 heavy (non-hydrogen) atoms. The number of carbonyl (C=O) groups excluding carboxylic acids is 2. The van der Waals surface area contributed by atoms with Crippen LogP contribution in [0.4, 0.5) is 5.69 Å². The number of ether oxygens (including phenoxy) is 2. The molecule has 1 N–H and O–H groups in total. The van der Waals surface area contributed by atoms with Crippen LogP contribution in [0.1, 0.15) is 43.9 Å². The van der Waals surface area contributed by atoms with Gasteiger partial charge in [-0.15, -0.1) is 0 Å². The van der Waals surface area contributed by atoms with E-state index in [1.807, 2.05) is 52.8 Å². The Bertz CT molecular complexity index is 1490. The summed E-state index contributed by atoms with van der Waals surface area (Å²) in [7, 11) is -1.19. The molecule has 0 aliphatic rings. The number of hydrogen-bond donors (Lipinski definition) is 1. The summed E-state index contributed by atoms with van der Waals surface area (Å²) in [4.78, 5) is 29.2. The van der Waals surface area contributed by atoms with Gasteiger partial charge in [-0.05, 0) is 73.7 Å². The zero-order valence-electron chi connectivity index (χ0n) is 26.1. The van der Waals surface area contributed by atoms with Gasteiger partial charge < -0.3 is 19.7 Å². The number of nitrogens with one attached hydrogen (secondary N) is 1. The monoisotopic (exact) mass is 609 g/mol. The molecule has 1 unspecified atom stereocenters. The number of benzene rings is 3. The van der Waals surface area contributed by atoms with E-state index in [2.05, 4.69) is 5.32 Å². The fourth-order valence-electron chi connectivity index (χ4n) is 4.62. The van der Waals surface area contributed by atoms with Crippen molar-refractivity contribution in [2.24, 2.45) is 5.92 Å². The van der Waals surface area contributed by atoms with Crippen molar-refractivity contribution in [3.05, 3.63) is 83.4 Å². The smallest absolute Gasteiger partial charge is 0.264 e. The van der Waals surface area contributed by atoms with E-state index in [-0.39, 0.29) is 29.0 Å². The van der Waals surface area contributed by atoms with Crippen molar-refractivity contribution < 1.29 is 27.5 Å². The van der Waals surface area contributed by atoms with Crippen molar-refractivity contribution in [3.63, 3.8) is 0 Å². The first-order valence-corrected chi connectivity index (χ1v) is 15.8. The first-order valence-electron chi connectivity index (χ1n) is 14.3. The maximum atomic E-state index is 14.3.